The molecule has 1 aliphatic heterocycles. The summed E-state index contributed by atoms with van der Waals surface area (Å²) in [6.07, 6.45) is -0.00321. The quantitative estimate of drug-likeness (QED) is 0.889. The molecule has 0 unspecified atom stereocenters. The van der Waals surface area contributed by atoms with Gasteiger partial charge >= 0.3 is 0 Å². The van der Waals surface area contributed by atoms with Crippen LogP contribution in [0, 0.1) is 6.92 Å². The Balaban J connectivity index is 1.76. The van der Waals surface area contributed by atoms with E-state index in [0.717, 1.165) is 34.1 Å². The van der Waals surface area contributed by atoms with Crippen molar-refractivity contribution in [2.75, 3.05) is 26.7 Å². The summed E-state index contributed by atoms with van der Waals surface area (Å²) >= 11 is 3.45. The van der Waals surface area contributed by atoms with Gasteiger partial charge in [0.1, 0.15) is 5.58 Å². The van der Waals surface area contributed by atoms with Gasteiger partial charge in [0.05, 0.1) is 18.8 Å². The molecule has 2 aromatic rings. The van der Waals surface area contributed by atoms with E-state index in [9.17, 15) is 4.79 Å². The number of fused-ring (bicyclic) bond motifs is 1. The summed E-state index contributed by atoms with van der Waals surface area (Å²) in [7, 11) is 2.06. The van der Waals surface area contributed by atoms with Gasteiger partial charge in [-0.15, -0.1) is 0 Å². The molecule has 1 fully saturated rings. The second kappa shape index (κ2) is 6.63. The third kappa shape index (κ3) is 3.44. The zero-order valence-electron chi connectivity index (χ0n) is 13.6. The van der Waals surface area contributed by atoms with Crippen molar-refractivity contribution in [3.8, 4) is 0 Å². The van der Waals surface area contributed by atoms with Crippen LogP contribution >= 0.6 is 15.9 Å². The normalized spacial score (nSPS) is 20.6. The highest BCUT2D eigenvalue weighted by Crippen LogP contribution is 2.28. The fourth-order valence-corrected chi connectivity index (χ4v) is 3.25. The van der Waals surface area contributed by atoms with Crippen LogP contribution in [-0.4, -0.2) is 49.7 Å². The second-order valence-electron chi connectivity index (χ2n) is 6.13. The van der Waals surface area contributed by atoms with Gasteiger partial charge in [-0.3, -0.25) is 4.79 Å². The van der Waals surface area contributed by atoms with Gasteiger partial charge < -0.3 is 19.4 Å². The standard InChI is InChI=1S/C17H21BrN2O3/c1-10-13-8-12(18)4-5-14(13)23-16(10)17(21)19-11(2)15-9-20(3)6-7-22-15/h4-5,8,11,15H,6-7,9H2,1-3H3,(H,19,21)/t11-,15+/m1/s1. The molecular weight excluding hydrogens is 360 g/mol. The van der Waals surface area contributed by atoms with Crippen LogP contribution in [0.1, 0.15) is 23.0 Å². The van der Waals surface area contributed by atoms with Crippen LogP contribution in [-0.2, 0) is 4.74 Å². The predicted octanol–water partition coefficient (Wildman–Crippen LogP) is 2.95. The van der Waals surface area contributed by atoms with E-state index >= 15 is 0 Å². The molecule has 6 heteroatoms. The zero-order valence-corrected chi connectivity index (χ0v) is 15.1. The number of morpholine rings is 1. The average molecular weight is 381 g/mol. The van der Waals surface area contributed by atoms with E-state index in [1.165, 1.54) is 0 Å². The first-order valence-electron chi connectivity index (χ1n) is 7.75. The number of furan rings is 1. The van der Waals surface area contributed by atoms with Crippen molar-refractivity contribution >= 4 is 32.8 Å². The van der Waals surface area contributed by atoms with Gasteiger partial charge in [-0.25, -0.2) is 0 Å². The Kier molecular flexibility index (Phi) is 4.75. The fourth-order valence-electron chi connectivity index (χ4n) is 2.89. The summed E-state index contributed by atoms with van der Waals surface area (Å²) in [6, 6.07) is 5.66. The number of hydrogen-bond donors (Lipinski definition) is 1. The van der Waals surface area contributed by atoms with Crippen molar-refractivity contribution in [3.63, 3.8) is 0 Å². The molecule has 1 aromatic carbocycles. The largest absolute Gasteiger partial charge is 0.451 e. The Hall–Kier alpha value is -1.37. The van der Waals surface area contributed by atoms with Crippen LogP contribution in [0.4, 0.5) is 0 Å². The summed E-state index contributed by atoms with van der Waals surface area (Å²) in [6.45, 7) is 6.31. The summed E-state index contributed by atoms with van der Waals surface area (Å²) in [5.41, 5.74) is 1.57. The number of carbonyl (C=O) groups excluding carboxylic acids is 1. The number of benzene rings is 1. The molecule has 2 atom stereocenters. The molecule has 1 amide bonds. The second-order valence-corrected chi connectivity index (χ2v) is 7.05. The maximum Gasteiger partial charge on any atom is 0.287 e. The smallest absolute Gasteiger partial charge is 0.287 e. The van der Waals surface area contributed by atoms with Crippen molar-refractivity contribution in [1.29, 1.82) is 0 Å². The van der Waals surface area contributed by atoms with E-state index in [0.29, 0.717) is 12.4 Å². The molecule has 1 aromatic heterocycles. The minimum Gasteiger partial charge on any atom is -0.451 e. The molecule has 1 N–H and O–H groups in total. The van der Waals surface area contributed by atoms with Gasteiger partial charge in [0.15, 0.2) is 5.76 Å². The van der Waals surface area contributed by atoms with Crippen LogP contribution in [0.15, 0.2) is 27.1 Å². The van der Waals surface area contributed by atoms with Gasteiger partial charge in [0.2, 0.25) is 0 Å². The number of hydrogen-bond acceptors (Lipinski definition) is 4. The van der Waals surface area contributed by atoms with Crippen LogP contribution < -0.4 is 5.32 Å². The fraction of sp³-hybridized carbons (Fsp3) is 0.471. The molecule has 5 nitrogen and oxygen atoms in total. The molecule has 0 saturated carbocycles. The Morgan fingerprint density at radius 2 is 2.26 bits per heavy atom. The highest BCUT2D eigenvalue weighted by atomic mass is 79.9. The maximum absolute atomic E-state index is 12.6. The van der Waals surface area contributed by atoms with Crippen molar-refractivity contribution in [1.82, 2.24) is 10.2 Å². The molecule has 124 valence electrons. The maximum atomic E-state index is 12.6. The first kappa shape index (κ1) is 16.5. The third-order valence-electron chi connectivity index (χ3n) is 4.32. The number of likely N-dealkylation sites (N-methyl/N-ethyl adjacent to an activating group) is 1. The summed E-state index contributed by atoms with van der Waals surface area (Å²) in [4.78, 5) is 14.8. The zero-order chi connectivity index (χ0) is 16.6. The third-order valence-corrected chi connectivity index (χ3v) is 4.81. The Labute approximate surface area is 144 Å². The van der Waals surface area contributed by atoms with Crippen molar-refractivity contribution < 1.29 is 13.9 Å². The molecule has 0 aliphatic carbocycles. The highest BCUT2D eigenvalue weighted by molar-refractivity contribution is 9.10. The van der Waals surface area contributed by atoms with Crippen LogP contribution in [0.2, 0.25) is 0 Å². The van der Waals surface area contributed by atoms with Gasteiger partial charge in [-0.05, 0) is 39.1 Å². The number of carbonyl (C=O) groups is 1. The summed E-state index contributed by atoms with van der Waals surface area (Å²) in [5.74, 6) is 0.174. The van der Waals surface area contributed by atoms with E-state index in [1.54, 1.807) is 0 Å². The van der Waals surface area contributed by atoms with E-state index in [2.05, 4.69) is 33.2 Å². The van der Waals surface area contributed by atoms with Crippen molar-refractivity contribution in [2.24, 2.45) is 0 Å². The van der Waals surface area contributed by atoms with Crippen molar-refractivity contribution in [3.05, 3.63) is 34.0 Å². The molecular formula is C17H21BrN2O3. The number of ether oxygens (including phenoxy) is 1. The van der Waals surface area contributed by atoms with E-state index in [4.69, 9.17) is 9.15 Å². The van der Waals surface area contributed by atoms with Gasteiger partial charge in [0, 0.05) is 28.5 Å². The molecule has 2 heterocycles. The SMILES string of the molecule is Cc1c(C(=O)N[C@H](C)[C@@H]2CN(C)CCO2)oc2ccc(Br)cc12. The number of rotatable bonds is 3. The van der Waals surface area contributed by atoms with Crippen LogP contribution in [0.5, 0.6) is 0 Å². The minimum absolute atomic E-state index is 0.00321. The lowest BCUT2D eigenvalue weighted by Gasteiger charge is -2.33. The predicted molar refractivity (Wildman–Crippen MR) is 92.8 cm³/mol. The van der Waals surface area contributed by atoms with Gasteiger partial charge in [0.25, 0.3) is 5.91 Å². The Morgan fingerprint density at radius 1 is 1.48 bits per heavy atom. The van der Waals surface area contributed by atoms with Gasteiger partial charge in [-0.1, -0.05) is 15.9 Å². The molecule has 0 radical (unpaired) electrons. The number of nitrogens with one attached hydrogen (secondary N) is 1. The number of amides is 1. The first-order valence-corrected chi connectivity index (χ1v) is 8.54. The number of halogens is 1. The Bertz CT molecular complexity index is 728. The molecule has 0 spiro atoms. The topological polar surface area (TPSA) is 54.7 Å². The molecule has 0 bridgehead atoms. The van der Waals surface area contributed by atoms with E-state index in [1.807, 2.05) is 32.0 Å². The number of aryl methyl sites for hydroxylation is 1. The summed E-state index contributed by atoms with van der Waals surface area (Å²) in [5, 5.41) is 3.96. The molecule has 23 heavy (non-hydrogen) atoms. The lowest BCUT2D eigenvalue weighted by atomic mass is 10.1. The molecule has 1 saturated heterocycles. The molecule has 3 rings (SSSR count). The highest BCUT2D eigenvalue weighted by Gasteiger charge is 2.27. The van der Waals surface area contributed by atoms with Crippen LogP contribution in [0.3, 0.4) is 0 Å². The van der Waals surface area contributed by atoms with E-state index < -0.39 is 0 Å². The first-order chi connectivity index (χ1) is 11.0. The lowest BCUT2D eigenvalue weighted by molar-refractivity contribution is -0.0343. The Morgan fingerprint density at radius 3 is 3.00 bits per heavy atom. The minimum atomic E-state index is -0.195. The number of nitrogens with zero attached hydrogens (tertiary/aromatic N) is 1. The van der Waals surface area contributed by atoms with E-state index in [-0.39, 0.29) is 18.1 Å². The lowest BCUT2D eigenvalue weighted by Crippen LogP contribution is -2.51. The summed E-state index contributed by atoms with van der Waals surface area (Å²) < 4.78 is 12.5. The average Bonchev–Trinajstić information content (AvgIpc) is 2.84. The molecule has 1 aliphatic rings. The van der Waals surface area contributed by atoms with Crippen LogP contribution in [0.25, 0.3) is 11.0 Å². The van der Waals surface area contributed by atoms with Crippen molar-refractivity contribution in [2.45, 2.75) is 26.0 Å². The van der Waals surface area contributed by atoms with Gasteiger partial charge in [-0.2, -0.15) is 0 Å². The monoisotopic (exact) mass is 380 g/mol.